The second kappa shape index (κ2) is 5.17. The van der Waals surface area contributed by atoms with Gasteiger partial charge in [0.1, 0.15) is 12.4 Å². The standard InChI is InChI=1S/C12H11FN6O/c13-9-3-1-8(2-4-9)12-15-11(20-17-12)7-19-6-10(5-14)16-18-19/h1-4,6H,5,7,14H2. The van der Waals surface area contributed by atoms with Gasteiger partial charge in [-0.2, -0.15) is 4.98 Å². The SMILES string of the molecule is NCc1cn(Cc2nc(-c3ccc(F)cc3)no2)nn1. The van der Waals surface area contributed by atoms with Crippen LogP contribution in [0.1, 0.15) is 11.6 Å². The molecule has 20 heavy (non-hydrogen) atoms. The molecule has 3 aromatic rings. The quantitative estimate of drug-likeness (QED) is 0.761. The van der Waals surface area contributed by atoms with Crippen molar-refractivity contribution in [3.63, 3.8) is 0 Å². The van der Waals surface area contributed by atoms with Gasteiger partial charge in [-0.25, -0.2) is 9.07 Å². The van der Waals surface area contributed by atoms with Crippen LogP contribution in [0.25, 0.3) is 11.4 Å². The van der Waals surface area contributed by atoms with Crippen molar-refractivity contribution < 1.29 is 8.91 Å². The highest BCUT2D eigenvalue weighted by atomic mass is 19.1. The molecule has 2 aromatic heterocycles. The summed E-state index contributed by atoms with van der Waals surface area (Å²) in [6.07, 6.45) is 1.71. The molecule has 7 nitrogen and oxygen atoms in total. The van der Waals surface area contributed by atoms with E-state index in [1.165, 1.54) is 12.1 Å². The second-order valence-corrected chi connectivity index (χ2v) is 4.13. The molecule has 0 aliphatic carbocycles. The Morgan fingerprint density at radius 3 is 2.75 bits per heavy atom. The van der Waals surface area contributed by atoms with Gasteiger partial charge in [-0.1, -0.05) is 10.4 Å². The van der Waals surface area contributed by atoms with Crippen LogP contribution in [-0.4, -0.2) is 25.1 Å². The summed E-state index contributed by atoms with van der Waals surface area (Å²) >= 11 is 0. The van der Waals surface area contributed by atoms with E-state index in [0.717, 1.165) is 0 Å². The number of benzene rings is 1. The predicted octanol–water partition coefficient (Wildman–Crippen LogP) is 0.974. The van der Waals surface area contributed by atoms with Crippen LogP contribution in [0.5, 0.6) is 0 Å². The van der Waals surface area contributed by atoms with Gasteiger partial charge < -0.3 is 10.3 Å². The maximum absolute atomic E-state index is 12.8. The van der Waals surface area contributed by atoms with Gasteiger partial charge in [0, 0.05) is 12.1 Å². The molecular weight excluding hydrogens is 263 g/mol. The molecule has 2 heterocycles. The van der Waals surface area contributed by atoms with E-state index < -0.39 is 0 Å². The average Bonchev–Trinajstić information content (AvgIpc) is 3.09. The maximum Gasteiger partial charge on any atom is 0.248 e. The van der Waals surface area contributed by atoms with E-state index in [-0.39, 0.29) is 5.82 Å². The molecule has 102 valence electrons. The minimum absolute atomic E-state index is 0.307. The number of nitrogens with two attached hydrogens (primary N) is 1. The van der Waals surface area contributed by atoms with Gasteiger partial charge >= 0.3 is 0 Å². The lowest BCUT2D eigenvalue weighted by Gasteiger charge is -1.93. The maximum atomic E-state index is 12.8. The molecule has 0 saturated heterocycles. The normalized spacial score (nSPS) is 10.9. The van der Waals surface area contributed by atoms with E-state index in [9.17, 15) is 4.39 Å². The summed E-state index contributed by atoms with van der Waals surface area (Å²) in [4.78, 5) is 4.22. The third kappa shape index (κ3) is 2.54. The predicted molar refractivity (Wildman–Crippen MR) is 66.7 cm³/mol. The highest BCUT2D eigenvalue weighted by Crippen LogP contribution is 2.16. The van der Waals surface area contributed by atoms with Crippen LogP contribution in [0.4, 0.5) is 4.39 Å². The molecule has 0 unspecified atom stereocenters. The fourth-order valence-electron chi connectivity index (χ4n) is 1.68. The molecule has 0 aliphatic rings. The second-order valence-electron chi connectivity index (χ2n) is 4.13. The molecule has 8 heteroatoms. The van der Waals surface area contributed by atoms with Crippen molar-refractivity contribution in [1.29, 1.82) is 0 Å². The van der Waals surface area contributed by atoms with E-state index in [0.29, 0.717) is 36.1 Å². The van der Waals surface area contributed by atoms with Crippen LogP contribution >= 0.6 is 0 Å². The number of hydrogen-bond acceptors (Lipinski definition) is 6. The van der Waals surface area contributed by atoms with Crippen LogP contribution in [-0.2, 0) is 13.1 Å². The summed E-state index contributed by atoms with van der Waals surface area (Å²) in [5.74, 6) is 0.478. The van der Waals surface area contributed by atoms with Crippen molar-refractivity contribution in [2.75, 3.05) is 0 Å². The third-order valence-corrected chi connectivity index (χ3v) is 2.66. The first kappa shape index (κ1) is 12.4. The molecule has 0 aliphatic heterocycles. The number of hydrogen-bond donors (Lipinski definition) is 1. The molecule has 0 fully saturated rings. The zero-order chi connectivity index (χ0) is 13.9. The van der Waals surface area contributed by atoms with Crippen LogP contribution < -0.4 is 5.73 Å². The van der Waals surface area contributed by atoms with E-state index in [4.69, 9.17) is 10.3 Å². The molecule has 0 radical (unpaired) electrons. The van der Waals surface area contributed by atoms with Crippen molar-refractivity contribution >= 4 is 0 Å². The summed E-state index contributed by atoms with van der Waals surface area (Å²) in [6, 6.07) is 5.87. The van der Waals surface area contributed by atoms with Gasteiger partial charge in [0.25, 0.3) is 0 Å². The van der Waals surface area contributed by atoms with E-state index in [1.54, 1.807) is 23.0 Å². The summed E-state index contributed by atoms with van der Waals surface area (Å²) in [5.41, 5.74) is 6.82. The van der Waals surface area contributed by atoms with Crippen molar-refractivity contribution in [1.82, 2.24) is 25.1 Å². The number of halogens is 1. The fraction of sp³-hybridized carbons (Fsp3) is 0.167. The van der Waals surface area contributed by atoms with Gasteiger partial charge in [0.2, 0.25) is 11.7 Å². The molecule has 0 spiro atoms. The Bertz CT molecular complexity index is 705. The molecule has 0 saturated carbocycles. The lowest BCUT2D eigenvalue weighted by molar-refractivity contribution is 0.364. The van der Waals surface area contributed by atoms with Crippen LogP contribution in [0, 0.1) is 5.82 Å². The van der Waals surface area contributed by atoms with Gasteiger partial charge in [0.15, 0.2) is 0 Å². The van der Waals surface area contributed by atoms with Crippen molar-refractivity contribution in [2.24, 2.45) is 5.73 Å². The highest BCUT2D eigenvalue weighted by molar-refractivity contribution is 5.53. The first-order valence-corrected chi connectivity index (χ1v) is 5.92. The molecular formula is C12H11FN6O. The Morgan fingerprint density at radius 2 is 2.05 bits per heavy atom. The van der Waals surface area contributed by atoms with Crippen LogP contribution in [0.3, 0.4) is 0 Å². The van der Waals surface area contributed by atoms with Crippen molar-refractivity contribution in [2.45, 2.75) is 13.1 Å². The minimum Gasteiger partial charge on any atom is -0.337 e. The summed E-state index contributed by atoms with van der Waals surface area (Å²) in [5, 5.41) is 11.6. The van der Waals surface area contributed by atoms with Crippen molar-refractivity contribution in [3.8, 4) is 11.4 Å². The Morgan fingerprint density at radius 1 is 1.25 bits per heavy atom. The van der Waals surface area contributed by atoms with Gasteiger partial charge in [-0.05, 0) is 24.3 Å². The Hall–Kier alpha value is -2.61. The highest BCUT2D eigenvalue weighted by Gasteiger charge is 2.10. The van der Waals surface area contributed by atoms with E-state index >= 15 is 0 Å². The van der Waals surface area contributed by atoms with Gasteiger partial charge in [-0.15, -0.1) is 5.10 Å². The molecule has 1 aromatic carbocycles. The van der Waals surface area contributed by atoms with Crippen LogP contribution in [0.15, 0.2) is 35.0 Å². The van der Waals surface area contributed by atoms with E-state index in [2.05, 4.69) is 20.5 Å². The van der Waals surface area contributed by atoms with Crippen molar-refractivity contribution in [3.05, 3.63) is 47.9 Å². The van der Waals surface area contributed by atoms with Gasteiger partial charge in [-0.3, -0.25) is 0 Å². The third-order valence-electron chi connectivity index (χ3n) is 2.66. The zero-order valence-electron chi connectivity index (χ0n) is 10.4. The summed E-state index contributed by atoms with van der Waals surface area (Å²) in [6.45, 7) is 0.631. The lowest BCUT2D eigenvalue weighted by Crippen LogP contribution is -2.00. The van der Waals surface area contributed by atoms with Crippen LogP contribution in [0.2, 0.25) is 0 Å². The summed E-state index contributed by atoms with van der Waals surface area (Å²) < 4.78 is 19.5. The average molecular weight is 274 g/mol. The smallest absolute Gasteiger partial charge is 0.248 e. The Labute approximate surface area is 113 Å². The summed E-state index contributed by atoms with van der Waals surface area (Å²) in [7, 11) is 0. The fourth-order valence-corrected chi connectivity index (χ4v) is 1.68. The number of aromatic nitrogens is 5. The largest absolute Gasteiger partial charge is 0.337 e. The first-order valence-electron chi connectivity index (χ1n) is 5.92. The molecule has 0 bridgehead atoms. The zero-order valence-corrected chi connectivity index (χ0v) is 10.4. The Kier molecular flexibility index (Phi) is 3.21. The first-order chi connectivity index (χ1) is 9.74. The Balaban J connectivity index is 1.78. The lowest BCUT2D eigenvalue weighted by atomic mass is 10.2. The topological polar surface area (TPSA) is 95.7 Å². The number of rotatable bonds is 4. The molecule has 0 amide bonds. The van der Waals surface area contributed by atoms with E-state index in [1.807, 2.05) is 0 Å². The monoisotopic (exact) mass is 274 g/mol. The van der Waals surface area contributed by atoms with Gasteiger partial charge in [0.05, 0.1) is 11.9 Å². The molecule has 2 N–H and O–H groups in total. The molecule has 0 atom stereocenters. The number of nitrogens with zero attached hydrogens (tertiary/aromatic N) is 5. The molecule has 3 rings (SSSR count). The minimum atomic E-state index is -0.311.